The van der Waals surface area contributed by atoms with Crippen molar-refractivity contribution in [2.24, 2.45) is 17.3 Å². The fourth-order valence-electron chi connectivity index (χ4n) is 9.30. The Bertz CT molecular complexity index is 2490. The van der Waals surface area contributed by atoms with Crippen LogP contribution in [0.4, 0.5) is 5.69 Å². The summed E-state index contributed by atoms with van der Waals surface area (Å²) < 4.78 is 39.5. The Morgan fingerprint density at radius 2 is 1.89 bits per heavy atom. The number of β-lactam (4-membered cyclic amide) rings is 1. The number of likely N-dealkylation sites (tertiary alicyclic amines) is 1. The predicted octanol–water partition coefficient (Wildman–Crippen LogP) is 2.66. The van der Waals surface area contributed by atoms with Crippen molar-refractivity contribution in [1.29, 1.82) is 0 Å². The summed E-state index contributed by atoms with van der Waals surface area (Å²) in [6, 6.07) is 7.68. The maximum atomic E-state index is 13.6. The second-order valence-electron chi connectivity index (χ2n) is 19.4. The smallest absolute Gasteiger partial charge is 0.329 e. The number of nitrogens with zero attached hydrogens (tertiary/aromatic N) is 3. The molecule has 2 aromatic rings. The number of fused-ring (bicyclic) bond motifs is 1. The number of pyridine rings is 1. The van der Waals surface area contributed by atoms with Crippen LogP contribution in [0, 0.1) is 17.3 Å². The molecule has 0 bridgehead atoms. The number of anilines is 1. The number of piperidine rings is 1. The number of aliphatic hydroxyl groups is 1. The van der Waals surface area contributed by atoms with E-state index in [9.17, 15) is 51.9 Å². The number of nitrogens with one attached hydrogen (secondary N) is 4. The van der Waals surface area contributed by atoms with Gasteiger partial charge in [-0.25, -0.2) is 17.9 Å². The number of thioether (sulfide) groups is 1. The van der Waals surface area contributed by atoms with Crippen LogP contribution in [0.3, 0.4) is 0 Å². The normalized spacial score (nSPS) is 22.8. The van der Waals surface area contributed by atoms with Crippen molar-refractivity contribution in [2.45, 2.75) is 128 Å². The third-order valence-corrected chi connectivity index (χ3v) is 16.6. The molecule has 392 valence electrons. The Balaban J connectivity index is 0.907. The number of ether oxygens (including phenoxy) is 2. The topological polar surface area (TPSA) is 277 Å². The number of aromatic nitrogens is 1. The van der Waals surface area contributed by atoms with Crippen LogP contribution in [-0.4, -0.2) is 150 Å². The molecule has 22 heteroatoms. The molecule has 0 spiro atoms. The zero-order chi connectivity index (χ0) is 52.3. The van der Waals surface area contributed by atoms with Gasteiger partial charge in [-0.3, -0.25) is 38.5 Å². The third-order valence-electron chi connectivity index (χ3n) is 13.8. The van der Waals surface area contributed by atoms with Crippen LogP contribution >= 0.6 is 11.8 Å². The molecule has 0 saturated carbocycles. The minimum Gasteiger partial charge on any atom is -0.458 e. The van der Waals surface area contributed by atoms with E-state index in [4.69, 9.17) is 9.47 Å². The van der Waals surface area contributed by atoms with Gasteiger partial charge in [0.15, 0.2) is 6.29 Å². The van der Waals surface area contributed by atoms with Crippen LogP contribution < -0.4 is 20.7 Å². The Morgan fingerprint density at radius 3 is 2.60 bits per heavy atom. The molecule has 0 unspecified atom stereocenters. The van der Waals surface area contributed by atoms with Crippen molar-refractivity contribution in [1.82, 2.24) is 30.1 Å². The summed E-state index contributed by atoms with van der Waals surface area (Å²) in [7, 11) is -4.16. The largest absolute Gasteiger partial charge is 0.458 e. The maximum absolute atomic E-state index is 13.6. The minimum atomic E-state index is -4.16. The van der Waals surface area contributed by atoms with Crippen LogP contribution in [0.25, 0.3) is 0 Å². The fraction of sp³-hybridized carbons (Fsp3) is 0.580. The molecule has 1 aromatic carbocycles. The Kier molecular flexibility index (Phi) is 19.3. The highest BCUT2D eigenvalue weighted by atomic mass is 32.2. The van der Waals surface area contributed by atoms with Crippen molar-refractivity contribution in [2.75, 3.05) is 43.9 Å². The van der Waals surface area contributed by atoms with Gasteiger partial charge in [-0.15, -0.1) is 11.8 Å². The number of hydrogen-bond donors (Lipinski definition) is 5. The van der Waals surface area contributed by atoms with Crippen LogP contribution in [0.15, 0.2) is 59.4 Å². The molecule has 4 aliphatic heterocycles. The Hall–Kier alpha value is -5.55. The zero-order valence-electron chi connectivity index (χ0n) is 41.4. The van der Waals surface area contributed by atoms with E-state index in [1.54, 1.807) is 45.3 Å². The van der Waals surface area contributed by atoms with Crippen molar-refractivity contribution < 1.29 is 61.4 Å². The second kappa shape index (κ2) is 24.9. The first-order chi connectivity index (χ1) is 34.2. The number of aryl methyl sites for hydroxylation is 1. The lowest BCUT2D eigenvalue weighted by molar-refractivity contribution is -0.166. The molecule has 3 fully saturated rings. The van der Waals surface area contributed by atoms with E-state index in [0.717, 1.165) is 10.5 Å². The average molecular weight is 1040 g/mol. The number of sulfonamides is 1. The molecular weight excluding hydrogens is 971 g/mol. The lowest BCUT2D eigenvalue weighted by atomic mass is 9.79. The van der Waals surface area contributed by atoms with Gasteiger partial charge in [0.2, 0.25) is 33.5 Å². The number of allylic oxidation sites excluding steroid dienone is 1. The summed E-state index contributed by atoms with van der Waals surface area (Å²) >= 11 is 1.44. The van der Waals surface area contributed by atoms with Gasteiger partial charge in [-0.05, 0) is 88.1 Å². The summed E-state index contributed by atoms with van der Waals surface area (Å²) in [6.07, 6.45) is 5.69. The molecule has 0 radical (unpaired) electrons. The van der Waals surface area contributed by atoms with E-state index in [1.165, 1.54) is 39.8 Å². The number of aldehydes is 1. The van der Waals surface area contributed by atoms with E-state index in [2.05, 4.69) is 20.9 Å². The highest BCUT2D eigenvalue weighted by Crippen LogP contribution is 2.51. The minimum absolute atomic E-state index is 0.0173. The number of Topliss-reactive ketones (excluding diaryl/α,β-unsaturated/α-hetero) is 1. The SMILES string of the molecule is CCC(C)(C)C(=O)C(=O)N1CCCC[C@H]1C(=O)O[C@H](CCc1cccnc1)COCCNC(=O)CCCS(=O)(=O)NC(=O)c1cccc(NC(=O)[C@@H]2C[C@H](SC3=C(C=O)N4C(=O)[C@H]([C@@H](C)O)[C@H]4[C@H]3C)CN2)c1. The lowest BCUT2D eigenvalue weighted by Gasteiger charge is -2.46. The van der Waals surface area contributed by atoms with Gasteiger partial charge in [0, 0.05) is 71.2 Å². The van der Waals surface area contributed by atoms with Gasteiger partial charge in [-0.2, -0.15) is 0 Å². The number of benzene rings is 1. The first kappa shape index (κ1) is 55.8. The molecule has 20 nitrogen and oxygen atoms in total. The average Bonchev–Trinajstić information content (AvgIpc) is 3.92. The third kappa shape index (κ3) is 13.9. The summed E-state index contributed by atoms with van der Waals surface area (Å²) in [5.74, 6) is -5.13. The van der Waals surface area contributed by atoms with Crippen LogP contribution in [0.1, 0.15) is 102 Å². The quantitative estimate of drug-likeness (QED) is 0.0314. The molecular formula is C50H67N7O13S2. The number of ketones is 1. The van der Waals surface area contributed by atoms with Crippen molar-refractivity contribution >= 4 is 75.0 Å². The second-order valence-corrected chi connectivity index (χ2v) is 22.6. The lowest BCUT2D eigenvalue weighted by Crippen LogP contribution is -2.63. The monoisotopic (exact) mass is 1040 g/mol. The molecule has 0 aliphatic carbocycles. The summed E-state index contributed by atoms with van der Waals surface area (Å²) in [5, 5.41) is 18.7. The van der Waals surface area contributed by atoms with Crippen LogP contribution in [0.2, 0.25) is 0 Å². The molecule has 5 heterocycles. The molecule has 5 amide bonds. The van der Waals surface area contributed by atoms with Gasteiger partial charge >= 0.3 is 5.97 Å². The number of amides is 5. The molecule has 4 aliphatic rings. The molecule has 5 N–H and O–H groups in total. The number of aliphatic hydroxyl groups excluding tert-OH is 1. The molecule has 72 heavy (non-hydrogen) atoms. The molecule has 6 rings (SSSR count). The van der Waals surface area contributed by atoms with Gasteiger partial charge in [-0.1, -0.05) is 39.8 Å². The van der Waals surface area contributed by atoms with Crippen molar-refractivity contribution in [3.63, 3.8) is 0 Å². The molecule has 3 saturated heterocycles. The number of carbonyl (C=O) groups is 8. The molecule has 1 aromatic heterocycles. The summed E-state index contributed by atoms with van der Waals surface area (Å²) in [5.41, 5.74) is 0.586. The van der Waals surface area contributed by atoms with E-state index >= 15 is 0 Å². The summed E-state index contributed by atoms with van der Waals surface area (Å²) in [4.78, 5) is 111. The van der Waals surface area contributed by atoms with Gasteiger partial charge < -0.3 is 40.3 Å². The highest BCUT2D eigenvalue weighted by molar-refractivity contribution is 8.03. The van der Waals surface area contributed by atoms with E-state index in [0.29, 0.717) is 63.5 Å². The zero-order valence-corrected chi connectivity index (χ0v) is 43.1. The summed E-state index contributed by atoms with van der Waals surface area (Å²) in [6.45, 7) is 9.56. The number of rotatable bonds is 25. The van der Waals surface area contributed by atoms with Crippen molar-refractivity contribution in [3.05, 3.63) is 70.5 Å². The standard InChI is InChI=1S/C50H67N7O13S2/c1-6-50(4,5)44(61)48(65)56-21-8-7-15-38(56)49(66)70-35(18-17-32-12-10-19-51-26-32)29-69-22-20-52-40(60)16-11-23-72(67,68)55-45(62)33-13-9-14-34(24-33)54-46(63)37-25-36(27-53-37)71-43-30(2)42-41(31(3)59)47(64)57(42)39(43)28-58/h9-10,12-14,19,24,26,28,30-31,35-38,41-42,53,59H,6-8,11,15-18,20-23,25,27,29H2,1-5H3,(H,52,60)(H,54,63)(H,55,62)/t30-,31-,35-,36+,37+,38+,41-,42-/m1/s1. The van der Waals surface area contributed by atoms with Crippen LogP contribution in [0.5, 0.6) is 0 Å². The molecule has 8 atom stereocenters. The number of esters is 1. The predicted molar refractivity (Wildman–Crippen MR) is 266 cm³/mol. The number of carbonyl (C=O) groups excluding carboxylic acids is 8. The number of hydrogen-bond acceptors (Lipinski definition) is 16. The van der Waals surface area contributed by atoms with Gasteiger partial charge in [0.25, 0.3) is 11.8 Å². The van der Waals surface area contributed by atoms with Crippen LogP contribution in [-0.2, 0) is 59.5 Å². The maximum Gasteiger partial charge on any atom is 0.329 e. The fourth-order valence-corrected chi connectivity index (χ4v) is 11.8. The van der Waals surface area contributed by atoms with E-state index in [1.807, 2.05) is 24.6 Å². The first-order valence-electron chi connectivity index (χ1n) is 24.6. The Morgan fingerprint density at radius 1 is 1.11 bits per heavy atom. The van der Waals surface area contributed by atoms with Crippen molar-refractivity contribution in [3.8, 4) is 0 Å². The highest BCUT2D eigenvalue weighted by Gasteiger charge is 2.58. The first-order valence-corrected chi connectivity index (χ1v) is 27.1. The van der Waals surface area contributed by atoms with E-state index < -0.39 is 80.9 Å². The van der Waals surface area contributed by atoms with Gasteiger partial charge in [0.05, 0.1) is 48.8 Å². The Labute approximate surface area is 424 Å². The van der Waals surface area contributed by atoms with E-state index in [-0.39, 0.29) is 79.4 Å². The van der Waals surface area contributed by atoms with Gasteiger partial charge in [0.1, 0.15) is 12.1 Å².